The molecule has 2 aliphatic rings. The van der Waals surface area contributed by atoms with Gasteiger partial charge in [-0.3, -0.25) is 9.69 Å². The van der Waals surface area contributed by atoms with Gasteiger partial charge in [-0.2, -0.15) is 0 Å². The molecule has 5 nitrogen and oxygen atoms in total. The maximum absolute atomic E-state index is 11.6. The van der Waals surface area contributed by atoms with Gasteiger partial charge in [0.1, 0.15) is 6.10 Å². The van der Waals surface area contributed by atoms with E-state index in [4.69, 9.17) is 4.74 Å². The molecular weight excluding hydrogens is 242 g/mol. The fourth-order valence-electron chi connectivity index (χ4n) is 2.32. The van der Waals surface area contributed by atoms with E-state index >= 15 is 0 Å². The van der Waals surface area contributed by atoms with Gasteiger partial charge in [0.15, 0.2) is 9.84 Å². The third-order valence-electron chi connectivity index (χ3n) is 3.39. The lowest BCUT2D eigenvalue weighted by Gasteiger charge is -2.25. The maximum Gasteiger partial charge on any atom is 0.320 e. The number of hydrogen-bond donors (Lipinski definition) is 0. The van der Waals surface area contributed by atoms with E-state index in [0.29, 0.717) is 13.1 Å². The molecule has 0 amide bonds. The number of rotatable bonds is 3. The third-order valence-corrected chi connectivity index (χ3v) is 5.00. The van der Waals surface area contributed by atoms with Crippen molar-refractivity contribution in [2.24, 2.45) is 0 Å². The molecule has 0 atom stereocenters. The molecule has 6 heteroatoms. The molecule has 0 aromatic carbocycles. The van der Waals surface area contributed by atoms with Gasteiger partial charge in [0.05, 0.1) is 18.1 Å². The highest BCUT2D eigenvalue weighted by molar-refractivity contribution is 7.91. The zero-order valence-corrected chi connectivity index (χ0v) is 10.7. The Morgan fingerprint density at radius 3 is 2.35 bits per heavy atom. The van der Waals surface area contributed by atoms with Crippen molar-refractivity contribution in [3.8, 4) is 0 Å². The molecule has 0 aromatic heterocycles. The van der Waals surface area contributed by atoms with E-state index in [1.165, 1.54) is 0 Å². The zero-order valence-electron chi connectivity index (χ0n) is 9.93. The van der Waals surface area contributed by atoms with Crippen LogP contribution in [0.1, 0.15) is 25.7 Å². The molecule has 1 saturated heterocycles. The molecule has 1 aliphatic carbocycles. The molecule has 0 radical (unpaired) electrons. The second kappa shape index (κ2) is 5.35. The first-order valence-corrected chi connectivity index (χ1v) is 7.99. The minimum absolute atomic E-state index is 0.0935. The normalized spacial score (nSPS) is 25.9. The van der Waals surface area contributed by atoms with E-state index in [0.717, 1.165) is 25.7 Å². The molecule has 0 unspecified atom stereocenters. The smallest absolute Gasteiger partial charge is 0.320 e. The van der Waals surface area contributed by atoms with Gasteiger partial charge in [0.25, 0.3) is 0 Å². The largest absolute Gasteiger partial charge is 0.461 e. The highest BCUT2D eigenvalue weighted by Gasteiger charge is 2.25. The van der Waals surface area contributed by atoms with Gasteiger partial charge < -0.3 is 4.74 Å². The summed E-state index contributed by atoms with van der Waals surface area (Å²) in [6.45, 7) is 1.12. The number of nitrogens with zero attached hydrogens (tertiary/aromatic N) is 1. The average molecular weight is 261 g/mol. The Morgan fingerprint density at radius 2 is 1.76 bits per heavy atom. The van der Waals surface area contributed by atoms with E-state index in [-0.39, 0.29) is 30.1 Å². The highest BCUT2D eigenvalue weighted by Crippen LogP contribution is 2.21. The first kappa shape index (κ1) is 12.8. The number of carbonyl (C=O) groups excluding carboxylic acids is 1. The molecule has 1 saturated carbocycles. The molecule has 0 N–H and O–H groups in total. The molecule has 2 rings (SSSR count). The van der Waals surface area contributed by atoms with Gasteiger partial charge in [-0.05, 0) is 25.7 Å². The highest BCUT2D eigenvalue weighted by atomic mass is 32.2. The molecule has 98 valence electrons. The number of esters is 1. The number of hydrogen-bond acceptors (Lipinski definition) is 5. The van der Waals surface area contributed by atoms with E-state index in [2.05, 4.69) is 0 Å². The summed E-state index contributed by atoms with van der Waals surface area (Å²) < 4.78 is 27.8. The summed E-state index contributed by atoms with van der Waals surface area (Å²) in [5.74, 6) is 0.101. The molecule has 0 spiro atoms. The van der Waals surface area contributed by atoms with Crippen molar-refractivity contribution in [1.29, 1.82) is 0 Å². The Morgan fingerprint density at radius 1 is 1.18 bits per heavy atom. The molecule has 1 heterocycles. The van der Waals surface area contributed by atoms with Crippen molar-refractivity contribution < 1.29 is 17.9 Å². The zero-order chi connectivity index (χ0) is 12.3. The van der Waals surface area contributed by atoms with Crippen LogP contribution in [0.25, 0.3) is 0 Å². The summed E-state index contributed by atoms with van der Waals surface area (Å²) in [5.41, 5.74) is 0. The lowest BCUT2D eigenvalue weighted by molar-refractivity contribution is -0.150. The van der Waals surface area contributed by atoms with Gasteiger partial charge in [-0.1, -0.05) is 0 Å². The predicted molar refractivity (Wildman–Crippen MR) is 63.4 cm³/mol. The minimum atomic E-state index is -2.87. The van der Waals surface area contributed by atoms with E-state index < -0.39 is 9.84 Å². The second-order valence-corrected chi connectivity index (χ2v) is 7.13. The van der Waals surface area contributed by atoms with Crippen molar-refractivity contribution in [1.82, 2.24) is 4.90 Å². The van der Waals surface area contributed by atoms with Crippen LogP contribution in [0.3, 0.4) is 0 Å². The molecule has 0 bridgehead atoms. The summed E-state index contributed by atoms with van der Waals surface area (Å²) in [6, 6.07) is 0. The fraction of sp³-hybridized carbons (Fsp3) is 0.909. The standard InChI is InChI=1S/C11H19NO4S/c13-11(16-10-3-1-2-4-10)9-12-5-7-17(14,15)8-6-12/h10H,1-9H2. The number of carbonyl (C=O) groups is 1. The Bertz CT molecular complexity index is 359. The van der Waals surface area contributed by atoms with Crippen molar-refractivity contribution in [3.05, 3.63) is 0 Å². The van der Waals surface area contributed by atoms with Gasteiger partial charge in [-0.15, -0.1) is 0 Å². The molecule has 0 aromatic rings. The average Bonchev–Trinajstić information content (AvgIpc) is 2.74. The van der Waals surface area contributed by atoms with Crippen molar-refractivity contribution >= 4 is 15.8 Å². The Kier molecular flexibility index (Phi) is 4.04. The molecular formula is C11H19NO4S. The quantitative estimate of drug-likeness (QED) is 0.679. The van der Waals surface area contributed by atoms with Crippen LogP contribution >= 0.6 is 0 Å². The fourth-order valence-corrected chi connectivity index (χ4v) is 3.60. The lowest BCUT2D eigenvalue weighted by atomic mass is 10.3. The molecule has 2 fully saturated rings. The van der Waals surface area contributed by atoms with E-state index in [1.807, 2.05) is 4.90 Å². The van der Waals surface area contributed by atoms with Crippen molar-refractivity contribution in [3.63, 3.8) is 0 Å². The van der Waals surface area contributed by atoms with Crippen LogP contribution < -0.4 is 0 Å². The summed E-state index contributed by atoms with van der Waals surface area (Å²) in [4.78, 5) is 13.5. The Labute approximate surface area is 102 Å². The van der Waals surface area contributed by atoms with Crippen LogP contribution in [-0.4, -0.2) is 56.5 Å². The summed E-state index contributed by atoms with van der Waals surface area (Å²) in [6.07, 6.45) is 4.32. The van der Waals surface area contributed by atoms with Gasteiger partial charge in [0, 0.05) is 13.1 Å². The summed E-state index contributed by atoms with van der Waals surface area (Å²) in [5, 5.41) is 0. The summed E-state index contributed by atoms with van der Waals surface area (Å²) >= 11 is 0. The van der Waals surface area contributed by atoms with Gasteiger partial charge in [0.2, 0.25) is 0 Å². The van der Waals surface area contributed by atoms with Crippen molar-refractivity contribution in [2.45, 2.75) is 31.8 Å². The van der Waals surface area contributed by atoms with E-state index in [1.54, 1.807) is 0 Å². The van der Waals surface area contributed by atoms with Crippen LogP contribution in [0.2, 0.25) is 0 Å². The van der Waals surface area contributed by atoms with Gasteiger partial charge in [-0.25, -0.2) is 8.42 Å². The van der Waals surface area contributed by atoms with Crippen LogP contribution in [0.5, 0.6) is 0 Å². The predicted octanol–water partition coefficient (Wildman–Crippen LogP) is 0.203. The van der Waals surface area contributed by atoms with E-state index in [9.17, 15) is 13.2 Å². The topological polar surface area (TPSA) is 63.7 Å². The third kappa shape index (κ3) is 3.96. The lowest BCUT2D eigenvalue weighted by Crippen LogP contribution is -2.43. The van der Waals surface area contributed by atoms with Crippen LogP contribution in [0.15, 0.2) is 0 Å². The van der Waals surface area contributed by atoms with Crippen LogP contribution in [0, 0.1) is 0 Å². The number of sulfone groups is 1. The second-order valence-electron chi connectivity index (χ2n) is 4.82. The Hall–Kier alpha value is -0.620. The minimum Gasteiger partial charge on any atom is -0.461 e. The first-order chi connectivity index (χ1) is 8.05. The monoisotopic (exact) mass is 261 g/mol. The SMILES string of the molecule is O=C(CN1CCS(=O)(=O)CC1)OC1CCCC1. The summed E-state index contributed by atoms with van der Waals surface area (Å²) in [7, 11) is -2.87. The maximum atomic E-state index is 11.6. The first-order valence-electron chi connectivity index (χ1n) is 6.17. The molecule has 1 aliphatic heterocycles. The van der Waals surface area contributed by atoms with Crippen LogP contribution in [0.4, 0.5) is 0 Å². The van der Waals surface area contributed by atoms with Gasteiger partial charge >= 0.3 is 5.97 Å². The van der Waals surface area contributed by atoms with Crippen LogP contribution in [-0.2, 0) is 19.4 Å². The Balaban J connectivity index is 1.72. The molecule has 17 heavy (non-hydrogen) atoms. The van der Waals surface area contributed by atoms with Crippen molar-refractivity contribution in [2.75, 3.05) is 31.1 Å². The number of ether oxygens (including phenoxy) is 1.